The van der Waals surface area contributed by atoms with Gasteiger partial charge in [0.15, 0.2) is 0 Å². The van der Waals surface area contributed by atoms with Crippen molar-refractivity contribution in [3.63, 3.8) is 0 Å². The summed E-state index contributed by atoms with van der Waals surface area (Å²) < 4.78 is 1.02. The van der Waals surface area contributed by atoms with Gasteiger partial charge in [0.1, 0.15) is 5.03 Å². The lowest BCUT2D eigenvalue weighted by Gasteiger charge is -2.01. The van der Waals surface area contributed by atoms with Crippen LogP contribution in [-0.4, -0.2) is 9.97 Å². The molecule has 0 atom stereocenters. The average molecular weight is 267 g/mol. The molecular formula is C10H7BrN2S. The minimum absolute atomic E-state index is 0.971. The fourth-order valence-corrected chi connectivity index (χ4v) is 2.22. The van der Waals surface area contributed by atoms with Gasteiger partial charge < -0.3 is 0 Å². The number of rotatable bonds is 2. The molecular weight excluding hydrogens is 260 g/mol. The highest BCUT2D eigenvalue weighted by Crippen LogP contribution is 2.30. The molecule has 2 aromatic rings. The topological polar surface area (TPSA) is 25.8 Å². The van der Waals surface area contributed by atoms with Crippen LogP contribution in [-0.2, 0) is 0 Å². The monoisotopic (exact) mass is 266 g/mol. The van der Waals surface area contributed by atoms with E-state index in [0.717, 1.165) is 14.4 Å². The molecule has 0 aliphatic carbocycles. The van der Waals surface area contributed by atoms with Crippen molar-refractivity contribution in [1.82, 2.24) is 9.97 Å². The first kappa shape index (κ1) is 9.68. The molecule has 2 aromatic heterocycles. The Morgan fingerprint density at radius 1 is 1.07 bits per heavy atom. The van der Waals surface area contributed by atoms with Crippen LogP contribution in [0.5, 0.6) is 0 Å². The summed E-state index contributed by atoms with van der Waals surface area (Å²) in [6, 6.07) is 7.81. The molecule has 14 heavy (non-hydrogen) atoms. The van der Waals surface area contributed by atoms with Crippen LogP contribution in [0.4, 0.5) is 0 Å². The van der Waals surface area contributed by atoms with Crippen LogP contribution >= 0.6 is 27.7 Å². The van der Waals surface area contributed by atoms with E-state index in [4.69, 9.17) is 0 Å². The highest BCUT2D eigenvalue weighted by atomic mass is 79.9. The third-order valence-corrected chi connectivity index (χ3v) is 3.52. The zero-order valence-corrected chi connectivity index (χ0v) is 9.62. The van der Waals surface area contributed by atoms with Gasteiger partial charge >= 0.3 is 0 Å². The number of halogens is 1. The zero-order chi connectivity index (χ0) is 9.80. The van der Waals surface area contributed by atoms with Gasteiger partial charge in [0.25, 0.3) is 0 Å². The van der Waals surface area contributed by atoms with Crippen molar-refractivity contribution in [2.45, 2.75) is 9.92 Å². The molecule has 2 heterocycles. The molecule has 0 aliphatic rings. The normalized spacial score (nSPS) is 10.1. The summed E-state index contributed by atoms with van der Waals surface area (Å²) in [5.74, 6) is 0. The van der Waals surface area contributed by atoms with Crippen LogP contribution in [0.15, 0.2) is 57.3 Å². The van der Waals surface area contributed by atoms with Crippen molar-refractivity contribution < 1.29 is 0 Å². The third kappa shape index (κ3) is 2.33. The Hall–Kier alpha value is -0.870. The third-order valence-electron chi connectivity index (χ3n) is 1.59. The first-order chi connectivity index (χ1) is 6.86. The standard InChI is InChI=1S/C10H7BrN2S/c11-9-2-1-5-13-10(9)14-8-3-6-12-7-4-8/h1-7H. The predicted octanol–water partition coefficient (Wildman–Crippen LogP) is 3.39. The van der Waals surface area contributed by atoms with Crippen LogP contribution in [0, 0.1) is 0 Å². The Labute approximate surface area is 94.9 Å². The molecule has 0 radical (unpaired) electrons. The van der Waals surface area contributed by atoms with Crippen molar-refractivity contribution in [1.29, 1.82) is 0 Å². The molecule has 0 aromatic carbocycles. The summed E-state index contributed by atoms with van der Waals surface area (Å²) in [6.45, 7) is 0. The van der Waals surface area contributed by atoms with Crippen molar-refractivity contribution in [3.05, 3.63) is 47.3 Å². The minimum atomic E-state index is 0.971. The second-order valence-electron chi connectivity index (χ2n) is 2.58. The van der Waals surface area contributed by atoms with Gasteiger partial charge in [0, 0.05) is 23.5 Å². The van der Waals surface area contributed by atoms with Gasteiger partial charge in [-0.2, -0.15) is 0 Å². The van der Waals surface area contributed by atoms with E-state index in [1.165, 1.54) is 0 Å². The molecule has 2 rings (SSSR count). The first-order valence-electron chi connectivity index (χ1n) is 4.04. The summed E-state index contributed by atoms with van der Waals surface area (Å²) in [6.07, 6.45) is 5.34. The SMILES string of the molecule is Brc1cccnc1Sc1ccncc1. The summed E-state index contributed by atoms with van der Waals surface area (Å²) in [4.78, 5) is 9.37. The van der Waals surface area contributed by atoms with E-state index in [2.05, 4.69) is 25.9 Å². The first-order valence-corrected chi connectivity index (χ1v) is 5.65. The molecule has 0 spiro atoms. The number of hydrogen-bond acceptors (Lipinski definition) is 3. The fourth-order valence-electron chi connectivity index (χ4n) is 0.964. The fraction of sp³-hybridized carbons (Fsp3) is 0. The zero-order valence-electron chi connectivity index (χ0n) is 7.22. The molecule has 70 valence electrons. The van der Waals surface area contributed by atoms with Gasteiger partial charge in [-0.3, -0.25) is 4.98 Å². The van der Waals surface area contributed by atoms with Gasteiger partial charge in [0.05, 0.1) is 4.47 Å². The van der Waals surface area contributed by atoms with E-state index in [9.17, 15) is 0 Å². The lowest BCUT2D eigenvalue weighted by molar-refractivity contribution is 1.11. The lowest BCUT2D eigenvalue weighted by atomic mass is 10.5. The summed E-state index contributed by atoms with van der Waals surface area (Å²) in [7, 11) is 0. The molecule has 0 N–H and O–H groups in total. The highest BCUT2D eigenvalue weighted by molar-refractivity contribution is 9.10. The Morgan fingerprint density at radius 3 is 2.57 bits per heavy atom. The largest absolute Gasteiger partial charge is 0.265 e. The maximum atomic E-state index is 4.27. The molecule has 0 saturated heterocycles. The van der Waals surface area contributed by atoms with Crippen LogP contribution in [0.1, 0.15) is 0 Å². The molecule has 4 heteroatoms. The smallest absolute Gasteiger partial charge is 0.115 e. The van der Waals surface area contributed by atoms with E-state index in [0.29, 0.717) is 0 Å². The van der Waals surface area contributed by atoms with Crippen molar-refractivity contribution >= 4 is 27.7 Å². The second-order valence-corrected chi connectivity index (χ2v) is 4.49. The van der Waals surface area contributed by atoms with E-state index in [1.54, 1.807) is 30.4 Å². The maximum absolute atomic E-state index is 4.27. The molecule has 0 bridgehead atoms. The number of aromatic nitrogens is 2. The quantitative estimate of drug-likeness (QED) is 0.834. The Morgan fingerprint density at radius 2 is 1.86 bits per heavy atom. The van der Waals surface area contributed by atoms with Crippen molar-refractivity contribution in [2.24, 2.45) is 0 Å². The van der Waals surface area contributed by atoms with Crippen LogP contribution < -0.4 is 0 Å². The van der Waals surface area contributed by atoms with E-state index >= 15 is 0 Å². The lowest BCUT2D eigenvalue weighted by Crippen LogP contribution is -1.80. The van der Waals surface area contributed by atoms with Crippen molar-refractivity contribution in [3.8, 4) is 0 Å². The predicted molar refractivity (Wildman–Crippen MR) is 60.3 cm³/mol. The van der Waals surface area contributed by atoms with E-state index < -0.39 is 0 Å². The maximum Gasteiger partial charge on any atom is 0.115 e. The van der Waals surface area contributed by atoms with Crippen molar-refractivity contribution in [2.75, 3.05) is 0 Å². The van der Waals surface area contributed by atoms with Gasteiger partial charge in [-0.1, -0.05) is 11.8 Å². The molecule has 0 unspecified atom stereocenters. The Kier molecular flexibility index (Phi) is 3.16. The Bertz CT molecular complexity index is 419. The molecule has 0 fully saturated rings. The highest BCUT2D eigenvalue weighted by Gasteiger charge is 2.01. The van der Waals surface area contributed by atoms with Crippen LogP contribution in [0.3, 0.4) is 0 Å². The summed E-state index contributed by atoms with van der Waals surface area (Å²) in [5.41, 5.74) is 0. The second kappa shape index (κ2) is 4.57. The van der Waals surface area contributed by atoms with Gasteiger partial charge in [-0.15, -0.1) is 0 Å². The van der Waals surface area contributed by atoms with E-state index in [1.807, 2.05) is 24.3 Å². The summed E-state index contributed by atoms with van der Waals surface area (Å²) >= 11 is 5.07. The molecule has 0 amide bonds. The number of nitrogens with zero attached hydrogens (tertiary/aromatic N) is 2. The number of pyridine rings is 2. The summed E-state index contributed by atoms with van der Waals surface area (Å²) in [5, 5.41) is 0.971. The minimum Gasteiger partial charge on any atom is -0.265 e. The molecule has 0 saturated carbocycles. The van der Waals surface area contributed by atoms with Gasteiger partial charge in [-0.05, 0) is 40.2 Å². The van der Waals surface area contributed by atoms with Gasteiger partial charge in [-0.25, -0.2) is 4.98 Å². The molecule has 2 nitrogen and oxygen atoms in total. The Balaban J connectivity index is 2.24. The van der Waals surface area contributed by atoms with Crippen LogP contribution in [0.25, 0.3) is 0 Å². The van der Waals surface area contributed by atoms with E-state index in [-0.39, 0.29) is 0 Å². The van der Waals surface area contributed by atoms with Crippen LogP contribution in [0.2, 0.25) is 0 Å². The number of hydrogen-bond donors (Lipinski definition) is 0. The average Bonchev–Trinajstić information content (AvgIpc) is 2.23. The van der Waals surface area contributed by atoms with Gasteiger partial charge in [0.2, 0.25) is 0 Å². The molecule has 0 aliphatic heterocycles.